The van der Waals surface area contributed by atoms with Gasteiger partial charge in [-0.1, -0.05) is 13.8 Å². The van der Waals surface area contributed by atoms with Gasteiger partial charge >= 0.3 is 0 Å². The van der Waals surface area contributed by atoms with Gasteiger partial charge in [-0.25, -0.2) is 9.97 Å². The highest BCUT2D eigenvalue weighted by Crippen LogP contribution is 2.33. The SMILES string of the molecule is CCNc1cc(C(C)C)nc(-c2cc(Br)c(C)s2)n1. The second-order valence-electron chi connectivity index (χ2n) is 4.70. The maximum absolute atomic E-state index is 4.68. The standard InChI is InChI=1S/C14H18BrN3S/c1-5-16-13-7-11(8(2)3)17-14(18-13)12-6-10(15)9(4)19-12/h6-8H,5H2,1-4H3,(H,16,17,18). The Labute approximate surface area is 126 Å². The second-order valence-corrected chi connectivity index (χ2v) is 6.81. The summed E-state index contributed by atoms with van der Waals surface area (Å²) in [7, 11) is 0. The first-order valence-corrected chi connectivity index (χ1v) is 8.01. The first-order chi connectivity index (χ1) is 9.01. The monoisotopic (exact) mass is 339 g/mol. The lowest BCUT2D eigenvalue weighted by Gasteiger charge is -2.10. The largest absolute Gasteiger partial charge is 0.370 e. The molecule has 0 aromatic carbocycles. The molecule has 5 heteroatoms. The molecule has 2 aromatic heterocycles. The summed E-state index contributed by atoms with van der Waals surface area (Å²) in [6, 6.07) is 4.13. The molecule has 0 unspecified atom stereocenters. The maximum Gasteiger partial charge on any atom is 0.171 e. The van der Waals surface area contributed by atoms with Gasteiger partial charge in [0.05, 0.1) is 4.88 Å². The van der Waals surface area contributed by atoms with Crippen molar-refractivity contribution in [1.29, 1.82) is 0 Å². The molecule has 2 heterocycles. The fourth-order valence-electron chi connectivity index (χ4n) is 1.71. The van der Waals surface area contributed by atoms with E-state index in [2.05, 4.69) is 65.0 Å². The van der Waals surface area contributed by atoms with E-state index in [0.29, 0.717) is 5.92 Å². The van der Waals surface area contributed by atoms with Gasteiger partial charge in [0.15, 0.2) is 5.82 Å². The first-order valence-electron chi connectivity index (χ1n) is 6.40. The quantitative estimate of drug-likeness (QED) is 0.866. The van der Waals surface area contributed by atoms with Crippen molar-refractivity contribution in [2.75, 3.05) is 11.9 Å². The highest BCUT2D eigenvalue weighted by atomic mass is 79.9. The summed E-state index contributed by atoms with van der Waals surface area (Å²) in [5, 5.41) is 3.28. The van der Waals surface area contributed by atoms with Crippen molar-refractivity contribution < 1.29 is 0 Å². The Hall–Kier alpha value is -0.940. The van der Waals surface area contributed by atoms with Crippen LogP contribution in [0.5, 0.6) is 0 Å². The van der Waals surface area contributed by atoms with E-state index in [1.54, 1.807) is 11.3 Å². The molecule has 0 aliphatic heterocycles. The van der Waals surface area contributed by atoms with Crippen molar-refractivity contribution in [2.24, 2.45) is 0 Å². The number of thiophene rings is 1. The first kappa shape index (κ1) is 14.5. The predicted octanol–water partition coefficient (Wildman–Crippen LogP) is 4.83. The van der Waals surface area contributed by atoms with E-state index < -0.39 is 0 Å². The number of nitrogens with one attached hydrogen (secondary N) is 1. The van der Waals surface area contributed by atoms with Crippen molar-refractivity contribution in [1.82, 2.24) is 9.97 Å². The number of anilines is 1. The minimum atomic E-state index is 0.392. The third-order valence-corrected chi connectivity index (χ3v) is 4.91. The number of halogens is 1. The van der Waals surface area contributed by atoms with E-state index >= 15 is 0 Å². The average Bonchev–Trinajstić information content (AvgIpc) is 2.70. The Morgan fingerprint density at radius 2 is 2.05 bits per heavy atom. The molecule has 2 aromatic rings. The number of hydrogen-bond acceptors (Lipinski definition) is 4. The van der Waals surface area contributed by atoms with Crippen molar-refractivity contribution >= 4 is 33.1 Å². The molecule has 0 aliphatic carbocycles. The van der Waals surface area contributed by atoms with Crippen LogP contribution in [0.3, 0.4) is 0 Å². The normalized spacial score (nSPS) is 11.1. The molecule has 19 heavy (non-hydrogen) atoms. The number of rotatable bonds is 4. The highest BCUT2D eigenvalue weighted by molar-refractivity contribution is 9.10. The van der Waals surface area contributed by atoms with Crippen molar-refractivity contribution in [2.45, 2.75) is 33.6 Å². The van der Waals surface area contributed by atoms with Crippen molar-refractivity contribution in [3.05, 3.63) is 27.2 Å². The average molecular weight is 340 g/mol. The van der Waals surface area contributed by atoms with Crippen LogP contribution in [0.4, 0.5) is 5.82 Å². The van der Waals surface area contributed by atoms with Gasteiger partial charge in [0.1, 0.15) is 5.82 Å². The summed E-state index contributed by atoms with van der Waals surface area (Å²) in [6.07, 6.45) is 0. The van der Waals surface area contributed by atoms with Crippen LogP contribution in [-0.4, -0.2) is 16.5 Å². The fourth-order valence-corrected chi connectivity index (χ4v) is 3.18. The van der Waals surface area contributed by atoms with Gasteiger partial charge in [0.2, 0.25) is 0 Å². The lowest BCUT2D eigenvalue weighted by atomic mass is 10.1. The summed E-state index contributed by atoms with van der Waals surface area (Å²) in [5.74, 6) is 2.10. The number of hydrogen-bond donors (Lipinski definition) is 1. The molecule has 2 rings (SSSR count). The lowest BCUT2D eigenvalue weighted by Crippen LogP contribution is -2.04. The molecule has 3 nitrogen and oxygen atoms in total. The molecule has 0 bridgehead atoms. The molecule has 0 saturated carbocycles. The zero-order valence-electron chi connectivity index (χ0n) is 11.6. The third kappa shape index (κ3) is 3.34. The van der Waals surface area contributed by atoms with Gasteiger partial charge in [-0.3, -0.25) is 0 Å². The van der Waals surface area contributed by atoms with Crippen LogP contribution in [0.2, 0.25) is 0 Å². The molecular weight excluding hydrogens is 322 g/mol. The smallest absolute Gasteiger partial charge is 0.171 e. The van der Waals surface area contributed by atoms with E-state index in [9.17, 15) is 0 Å². The van der Waals surface area contributed by atoms with Gasteiger partial charge in [0, 0.05) is 27.7 Å². The van der Waals surface area contributed by atoms with Gasteiger partial charge in [0.25, 0.3) is 0 Å². The van der Waals surface area contributed by atoms with Gasteiger partial charge < -0.3 is 5.32 Å². The van der Waals surface area contributed by atoms with Gasteiger partial charge in [-0.15, -0.1) is 11.3 Å². The zero-order chi connectivity index (χ0) is 14.0. The van der Waals surface area contributed by atoms with E-state index in [1.165, 1.54) is 4.88 Å². The molecule has 0 atom stereocenters. The molecule has 0 aliphatic rings. The number of aryl methyl sites for hydroxylation is 1. The maximum atomic E-state index is 4.68. The van der Waals surface area contributed by atoms with Crippen molar-refractivity contribution in [3.63, 3.8) is 0 Å². The molecular formula is C14H18BrN3S. The van der Waals surface area contributed by atoms with E-state index in [4.69, 9.17) is 0 Å². The highest BCUT2D eigenvalue weighted by Gasteiger charge is 2.12. The summed E-state index contributed by atoms with van der Waals surface area (Å²) < 4.78 is 1.12. The Bertz CT molecular complexity index is 559. The molecule has 0 saturated heterocycles. The van der Waals surface area contributed by atoms with Crippen LogP contribution >= 0.6 is 27.3 Å². The molecule has 0 radical (unpaired) electrons. The topological polar surface area (TPSA) is 37.8 Å². The third-order valence-electron chi connectivity index (χ3n) is 2.77. The Balaban J connectivity index is 2.49. The summed E-state index contributed by atoms with van der Waals surface area (Å²) in [6.45, 7) is 9.33. The number of nitrogens with zero attached hydrogens (tertiary/aromatic N) is 2. The van der Waals surface area contributed by atoms with E-state index in [0.717, 1.165) is 33.2 Å². The molecule has 102 valence electrons. The van der Waals surface area contributed by atoms with E-state index in [-0.39, 0.29) is 0 Å². The van der Waals surface area contributed by atoms with Gasteiger partial charge in [-0.2, -0.15) is 0 Å². The molecule has 0 amide bonds. The fraction of sp³-hybridized carbons (Fsp3) is 0.429. The summed E-state index contributed by atoms with van der Waals surface area (Å²) >= 11 is 5.26. The molecule has 0 fully saturated rings. The summed E-state index contributed by atoms with van der Waals surface area (Å²) in [4.78, 5) is 11.6. The van der Waals surface area contributed by atoms with Gasteiger partial charge in [-0.05, 0) is 41.8 Å². The molecule has 1 N–H and O–H groups in total. The van der Waals surface area contributed by atoms with Crippen LogP contribution < -0.4 is 5.32 Å². The second kappa shape index (κ2) is 6.01. The molecule has 0 spiro atoms. The van der Waals surface area contributed by atoms with Crippen molar-refractivity contribution in [3.8, 4) is 10.7 Å². The number of aromatic nitrogens is 2. The van der Waals surface area contributed by atoms with Crippen LogP contribution in [0.25, 0.3) is 10.7 Å². The zero-order valence-corrected chi connectivity index (χ0v) is 14.0. The predicted molar refractivity (Wildman–Crippen MR) is 86.0 cm³/mol. The Morgan fingerprint density at radius 1 is 1.32 bits per heavy atom. The Kier molecular flexibility index (Phi) is 4.58. The summed E-state index contributed by atoms with van der Waals surface area (Å²) in [5.41, 5.74) is 1.07. The van der Waals surface area contributed by atoms with E-state index in [1.807, 2.05) is 6.07 Å². The van der Waals surface area contributed by atoms with Crippen LogP contribution in [0, 0.1) is 6.92 Å². The van der Waals surface area contributed by atoms with Crippen LogP contribution in [-0.2, 0) is 0 Å². The van der Waals surface area contributed by atoms with Crippen LogP contribution in [0.1, 0.15) is 37.3 Å². The Morgan fingerprint density at radius 3 is 2.58 bits per heavy atom. The minimum Gasteiger partial charge on any atom is -0.370 e. The lowest BCUT2D eigenvalue weighted by molar-refractivity contribution is 0.817. The minimum absolute atomic E-state index is 0.392. The van der Waals surface area contributed by atoms with Crippen LogP contribution in [0.15, 0.2) is 16.6 Å².